The van der Waals surface area contributed by atoms with Crippen LogP contribution in [0.25, 0.3) is 5.78 Å². The van der Waals surface area contributed by atoms with E-state index in [1.807, 2.05) is 26.1 Å². The molecule has 6 nitrogen and oxygen atoms in total. The minimum atomic E-state index is -0.289. The zero-order valence-corrected chi connectivity index (χ0v) is 16.6. The monoisotopic (exact) mass is 379 g/mol. The van der Waals surface area contributed by atoms with Gasteiger partial charge in [0.15, 0.2) is 5.78 Å². The Bertz CT molecular complexity index is 1020. The second-order valence-electron chi connectivity index (χ2n) is 7.15. The average molecular weight is 379 g/mol. The van der Waals surface area contributed by atoms with Gasteiger partial charge in [0.25, 0.3) is 5.78 Å². The third-order valence-electron chi connectivity index (χ3n) is 5.00. The normalized spacial score (nSPS) is 18.1. The molecule has 1 aliphatic rings. The van der Waals surface area contributed by atoms with Gasteiger partial charge in [0, 0.05) is 42.3 Å². The molecule has 0 saturated heterocycles. The molecule has 0 aliphatic carbocycles. The van der Waals surface area contributed by atoms with E-state index in [2.05, 4.69) is 45.9 Å². The summed E-state index contributed by atoms with van der Waals surface area (Å²) in [5.74, 6) is 0.583. The molecule has 1 aromatic carbocycles. The van der Waals surface area contributed by atoms with Gasteiger partial charge in [-0.1, -0.05) is 43.8 Å². The van der Waals surface area contributed by atoms with Crippen molar-refractivity contribution < 1.29 is 4.79 Å². The molecule has 7 heteroatoms. The number of benzene rings is 1. The van der Waals surface area contributed by atoms with Crippen LogP contribution in [-0.4, -0.2) is 37.7 Å². The van der Waals surface area contributed by atoms with E-state index in [0.29, 0.717) is 10.9 Å². The number of fused-ring (bicyclic) bond motifs is 2. The summed E-state index contributed by atoms with van der Waals surface area (Å²) in [6.45, 7) is 6.20. The Morgan fingerprint density at radius 1 is 1.26 bits per heavy atom. The van der Waals surface area contributed by atoms with E-state index in [-0.39, 0.29) is 16.4 Å². The number of anilines is 1. The molecule has 0 amide bonds. The molecule has 27 heavy (non-hydrogen) atoms. The molecule has 0 fully saturated rings. The number of para-hydroxylation sites is 1. The van der Waals surface area contributed by atoms with E-state index in [0.717, 1.165) is 11.4 Å². The van der Waals surface area contributed by atoms with Crippen LogP contribution in [0, 0.1) is 0 Å². The van der Waals surface area contributed by atoms with E-state index in [4.69, 9.17) is 0 Å². The second kappa shape index (κ2) is 6.49. The zero-order valence-electron chi connectivity index (χ0n) is 15.7. The lowest BCUT2D eigenvalue weighted by atomic mass is 9.83. The largest absolute Gasteiger partial charge is 0.347 e. The third kappa shape index (κ3) is 3.02. The Morgan fingerprint density at radius 3 is 2.78 bits per heavy atom. The summed E-state index contributed by atoms with van der Waals surface area (Å²) in [6.07, 6.45) is 5.24. The van der Waals surface area contributed by atoms with E-state index in [9.17, 15) is 4.79 Å². The van der Waals surface area contributed by atoms with Gasteiger partial charge in [-0.25, -0.2) is 9.50 Å². The van der Waals surface area contributed by atoms with Crippen molar-refractivity contribution in [3.05, 3.63) is 60.1 Å². The fraction of sp³-hybridized carbons (Fsp3) is 0.300. The maximum atomic E-state index is 12.9. The Labute approximate surface area is 162 Å². The van der Waals surface area contributed by atoms with Crippen molar-refractivity contribution in [2.75, 3.05) is 11.9 Å². The molecule has 3 heterocycles. The number of likely N-dealkylation sites (N-methyl/N-ethyl adjacent to an activating group) is 1. The summed E-state index contributed by atoms with van der Waals surface area (Å²) in [5.41, 5.74) is 3.18. The van der Waals surface area contributed by atoms with Gasteiger partial charge < -0.3 is 4.90 Å². The predicted molar refractivity (Wildman–Crippen MR) is 107 cm³/mol. The lowest BCUT2D eigenvalue weighted by molar-refractivity contribution is -0.114. The van der Waals surface area contributed by atoms with Crippen LogP contribution in [0.4, 0.5) is 5.69 Å². The number of carbonyl (C=O) groups is 1. The maximum Gasteiger partial charge on any atom is 0.253 e. The Balaban J connectivity index is 1.57. The second-order valence-corrected chi connectivity index (χ2v) is 8.46. The van der Waals surface area contributed by atoms with Crippen molar-refractivity contribution in [2.24, 2.45) is 0 Å². The molecular formula is C20H21N5OS. The van der Waals surface area contributed by atoms with Crippen molar-refractivity contribution in [3.8, 4) is 0 Å². The Morgan fingerprint density at radius 2 is 2.04 bits per heavy atom. The molecule has 0 saturated carbocycles. The number of aromatic nitrogens is 4. The minimum Gasteiger partial charge on any atom is -0.347 e. The van der Waals surface area contributed by atoms with Gasteiger partial charge >= 0.3 is 0 Å². The van der Waals surface area contributed by atoms with Crippen LogP contribution in [0.15, 0.2) is 59.7 Å². The number of allylic oxidation sites excluding steroid dienone is 2. The predicted octanol–water partition coefficient (Wildman–Crippen LogP) is 3.49. The van der Waals surface area contributed by atoms with Gasteiger partial charge in [-0.2, -0.15) is 4.98 Å². The summed E-state index contributed by atoms with van der Waals surface area (Å²) in [5, 5.41) is 4.63. The lowest BCUT2D eigenvalue weighted by Crippen LogP contribution is -2.25. The first-order valence-corrected chi connectivity index (χ1v) is 9.69. The average Bonchev–Trinajstić information content (AvgIpc) is 3.14. The number of carbonyl (C=O) groups excluding carboxylic acids is 1. The summed E-state index contributed by atoms with van der Waals surface area (Å²) >= 11 is 1.35. The van der Waals surface area contributed by atoms with Crippen molar-refractivity contribution in [1.82, 2.24) is 19.6 Å². The van der Waals surface area contributed by atoms with Gasteiger partial charge in [-0.15, -0.1) is 5.10 Å². The van der Waals surface area contributed by atoms with E-state index < -0.39 is 0 Å². The molecule has 4 rings (SSSR count). The summed E-state index contributed by atoms with van der Waals surface area (Å²) < 4.78 is 1.61. The molecule has 0 bridgehead atoms. The molecule has 0 radical (unpaired) electrons. The quantitative estimate of drug-likeness (QED) is 0.511. The maximum absolute atomic E-state index is 12.9. The first kappa shape index (κ1) is 17.7. The van der Waals surface area contributed by atoms with Gasteiger partial charge in [-0.3, -0.25) is 4.79 Å². The van der Waals surface area contributed by atoms with Gasteiger partial charge in [-0.05, 0) is 24.6 Å². The molecular weight excluding hydrogens is 358 g/mol. The van der Waals surface area contributed by atoms with Crippen LogP contribution in [0.3, 0.4) is 0 Å². The molecule has 138 valence electrons. The fourth-order valence-corrected chi connectivity index (χ4v) is 4.26. The summed E-state index contributed by atoms with van der Waals surface area (Å²) in [6, 6.07) is 10.1. The highest BCUT2D eigenvalue weighted by Crippen LogP contribution is 2.46. The molecule has 1 aliphatic heterocycles. The lowest BCUT2D eigenvalue weighted by Gasteiger charge is -2.24. The van der Waals surface area contributed by atoms with Crippen molar-refractivity contribution in [3.63, 3.8) is 0 Å². The van der Waals surface area contributed by atoms with Crippen LogP contribution >= 0.6 is 11.8 Å². The number of nitrogens with zero attached hydrogens (tertiary/aromatic N) is 5. The number of thioether (sulfide) groups is 1. The molecule has 0 spiro atoms. The number of ketones is 1. The molecule has 3 aromatic rings. The highest BCUT2D eigenvalue weighted by atomic mass is 32.2. The van der Waals surface area contributed by atoms with E-state index in [1.54, 1.807) is 29.1 Å². The standard InChI is InChI=1S/C20H21N5OS/c1-13(27-19-22-18-21-10-7-11-25(18)23-19)16(26)12-17-20(2,3)14-8-5-6-9-15(14)24(17)4/h5-13H,1-4H3/b17-12+. The molecule has 2 aromatic heterocycles. The van der Waals surface area contributed by atoms with Crippen molar-refractivity contribution >= 4 is 29.0 Å². The highest BCUT2D eigenvalue weighted by Gasteiger charge is 2.38. The molecule has 0 N–H and O–H groups in total. The highest BCUT2D eigenvalue weighted by molar-refractivity contribution is 8.00. The molecule has 1 unspecified atom stereocenters. The number of hydrogen-bond donors (Lipinski definition) is 0. The summed E-state index contributed by atoms with van der Waals surface area (Å²) in [7, 11) is 2.01. The number of rotatable bonds is 4. The first-order chi connectivity index (χ1) is 12.9. The number of hydrogen-bond acceptors (Lipinski definition) is 6. The Kier molecular flexibility index (Phi) is 4.26. The minimum absolute atomic E-state index is 0.0505. The topological polar surface area (TPSA) is 63.4 Å². The van der Waals surface area contributed by atoms with Gasteiger partial charge in [0.2, 0.25) is 5.16 Å². The van der Waals surface area contributed by atoms with E-state index in [1.165, 1.54) is 17.3 Å². The van der Waals surface area contributed by atoms with Crippen LogP contribution in [0.5, 0.6) is 0 Å². The van der Waals surface area contributed by atoms with E-state index >= 15 is 0 Å². The van der Waals surface area contributed by atoms with Crippen molar-refractivity contribution in [1.29, 1.82) is 0 Å². The SMILES string of the molecule is CC(Sc1nc2ncccn2n1)C(=O)/C=C1/N(C)c2ccccc2C1(C)C. The zero-order chi connectivity index (χ0) is 19.2. The van der Waals surface area contributed by atoms with Crippen LogP contribution in [0.1, 0.15) is 26.3 Å². The van der Waals surface area contributed by atoms with Crippen molar-refractivity contribution in [2.45, 2.75) is 36.6 Å². The van der Waals surface area contributed by atoms with Gasteiger partial charge in [0.1, 0.15) is 0 Å². The smallest absolute Gasteiger partial charge is 0.253 e. The van der Waals surface area contributed by atoms with Gasteiger partial charge in [0.05, 0.1) is 5.25 Å². The van der Waals surface area contributed by atoms with Crippen LogP contribution < -0.4 is 4.90 Å². The first-order valence-electron chi connectivity index (χ1n) is 8.81. The van der Waals surface area contributed by atoms with Crippen LogP contribution in [-0.2, 0) is 10.2 Å². The Hall–Kier alpha value is -2.67. The van der Waals surface area contributed by atoms with Crippen LogP contribution in [0.2, 0.25) is 0 Å². The molecule has 1 atom stereocenters. The fourth-order valence-electron chi connectivity index (χ4n) is 3.49. The third-order valence-corrected chi connectivity index (χ3v) is 5.97. The summed E-state index contributed by atoms with van der Waals surface area (Å²) in [4.78, 5) is 23.5.